The van der Waals surface area contributed by atoms with Crippen molar-refractivity contribution in [3.05, 3.63) is 77.4 Å². The lowest BCUT2D eigenvalue weighted by atomic mass is 9.77. The van der Waals surface area contributed by atoms with E-state index in [9.17, 15) is 4.79 Å². The van der Waals surface area contributed by atoms with Crippen LogP contribution in [0.4, 0.5) is 5.69 Å². The second-order valence-corrected chi connectivity index (χ2v) is 7.70. The molecule has 1 amide bonds. The summed E-state index contributed by atoms with van der Waals surface area (Å²) in [4.78, 5) is 15.3. The molecule has 3 aromatic rings. The van der Waals surface area contributed by atoms with Crippen molar-refractivity contribution >= 4 is 11.6 Å². The minimum Gasteiger partial charge on any atom is -0.497 e. The Balaban J connectivity index is 1.81. The van der Waals surface area contributed by atoms with Crippen LogP contribution in [0.2, 0.25) is 0 Å². The summed E-state index contributed by atoms with van der Waals surface area (Å²) in [5, 5.41) is 0. The molecule has 1 heterocycles. The number of carbonyl (C=O) groups is 1. The highest BCUT2D eigenvalue weighted by Crippen LogP contribution is 2.52. The maximum absolute atomic E-state index is 13.5. The molecule has 2 atom stereocenters. The quantitative estimate of drug-likeness (QED) is 0.496. The molecule has 0 unspecified atom stereocenters. The van der Waals surface area contributed by atoms with Gasteiger partial charge >= 0.3 is 0 Å². The first kappa shape index (κ1) is 21.6. The lowest BCUT2D eigenvalue weighted by Crippen LogP contribution is -2.53. The van der Waals surface area contributed by atoms with Crippen LogP contribution in [0.1, 0.15) is 28.7 Å². The Morgan fingerprint density at radius 2 is 1.28 bits per heavy atom. The lowest BCUT2D eigenvalue weighted by molar-refractivity contribution is -0.126. The Hall–Kier alpha value is -3.67. The Morgan fingerprint density at radius 1 is 0.719 bits per heavy atom. The third-order valence-electron chi connectivity index (χ3n) is 5.92. The maximum atomic E-state index is 13.5. The van der Waals surface area contributed by atoms with Crippen molar-refractivity contribution in [3.63, 3.8) is 0 Å². The second kappa shape index (κ2) is 8.83. The number of ether oxygens (including phenoxy) is 4. The molecule has 1 saturated heterocycles. The summed E-state index contributed by atoms with van der Waals surface area (Å²) in [6, 6.07) is 19.4. The van der Waals surface area contributed by atoms with Gasteiger partial charge in [-0.05, 0) is 30.2 Å². The average molecular weight is 434 g/mol. The number of hydrogen-bond acceptors (Lipinski definition) is 5. The molecular weight excluding hydrogens is 406 g/mol. The molecule has 0 spiro atoms. The Morgan fingerprint density at radius 3 is 1.78 bits per heavy atom. The fourth-order valence-electron chi connectivity index (χ4n) is 4.22. The van der Waals surface area contributed by atoms with Crippen molar-refractivity contribution in [1.82, 2.24) is 0 Å². The van der Waals surface area contributed by atoms with E-state index in [4.69, 9.17) is 18.9 Å². The molecule has 1 aliphatic rings. The zero-order valence-electron chi connectivity index (χ0n) is 18.9. The van der Waals surface area contributed by atoms with E-state index in [-0.39, 0.29) is 17.9 Å². The fraction of sp³-hybridized carbons (Fsp3) is 0.269. The van der Waals surface area contributed by atoms with Gasteiger partial charge in [-0.1, -0.05) is 42.0 Å². The van der Waals surface area contributed by atoms with Crippen LogP contribution in [0.25, 0.3) is 0 Å². The molecule has 0 N–H and O–H groups in total. The van der Waals surface area contributed by atoms with Crippen LogP contribution < -0.4 is 23.8 Å². The van der Waals surface area contributed by atoms with Gasteiger partial charge < -0.3 is 23.8 Å². The average Bonchev–Trinajstić information content (AvgIpc) is 2.83. The largest absolute Gasteiger partial charge is 0.497 e. The van der Waals surface area contributed by atoms with Crippen LogP contribution in [0, 0.1) is 6.92 Å². The van der Waals surface area contributed by atoms with E-state index in [1.54, 1.807) is 45.5 Å². The van der Waals surface area contributed by atoms with E-state index < -0.39 is 0 Å². The third-order valence-corrected chi connectivity index (χ3v) is 5.92. The maximum Gasteiger partial charge on any atom is 0.237 e. The lowest BCUT2D eigenvalue weighted by Gasteiger charge is -2.48. The fourth-order valence-corrected chi connectivity index (χ4v) is 4.22. The molecule has 3 aromatic carbocycles. The van der Waals surface area contributed by atoms with Crippen molar-refractivity contribution in [2.75, 3.05) is 33.3 Å². The number of rotatable bonds is 7. The van der Waals surface area contributed by atoms with Crippen molar-refractivity contribution in [1.29, 1.82) is 0 Å². The van der Waals surface area contributed by atoms with E-state index in [1.807, 2.05) is 55.5 Å². The molecule has 0 saturated carbocycles. The van der Waals surface area contributed by atoms with Gasteiger partial charge in [-0.25, -0.2) is 0 Å². The first-order valence-corrected chi connectivity index (χ1v) is 10.4. The Kier molecular flexibility index (Phi) is 5.95. The van der Waals surface area contributed by atoms with Gasteiger partial charge in [0.2, 0.25) is 11.7 Å². The van der Waals surface area contributed by atoms with Crippen LogP contribution in [0.15, 0.2) is 60.7 Å². The number of benzene rings is 3. The molecule has 0 bridgehead atoms. The van der Waals surface area contributed by atoms with Gasteiger partial charge in [0, 0.05) is 12.1 Å². The van der Waals surface area contributed by atoms with E-state index in [0.29, 0.717) is 22.9 Å². The minimum atomic E-state index is -0.289. The molecule has 6 heteroatoms. The summed E-state index contributed by atoms with van der Waals surface area (Å²) in [5.41, 5.74) is 3.85. The highest BCUT2D eigenvalue weighted by Gasteiger charge is 2.50. The number of β-lactam (4-membered cyclic amide) rings is 1. The van der Waals surface area contributed by atoms with E-state index in [2.05, 4.69) is 0 Å². The SMILES string of the molecule is COc1ccc([C@@H]2[C@@H](c3ccc(C)cc3)C(=O)N2c2cc(OC)c(OC)c(OC)c2)cc1. The number of methoxy groups -OCH3 is 4. The van der Waals surface area contributed by atoms with E-state index >= 15 is 0 Å². The van der Waals surface area contributed by atoms with Crippen LogP contribution in [0.3, 0.4) is 0 Å². The summed E-state index contributed by atoms with van der Waals surface area (Å²) in [7, 11) is 6.33. The van der Waals surface area contributed by atoms with Crippen molar-refractivity contribution in [2.45, 2.75) is 18.9 Å². The standard InChI is InChI=1S/C26H27NO5/c1-16-6-8-17(9-7-16)23-24(18-10-12-20(29-2)13-11-18)27(26(23)28)19-14-21(30-3)25(32-5)22(15-19)31-4/h6-15,23-24H,1-5H3/t23-,24-/m1/s1. The van der Waals surface area contributed by atoms with Crippen molar-refractivity contribution in [3.8, 4) is 23.0 Å². The number of aryl methyl sites for hydroxylation is 1. The van der Waals surface area contributed by atoms with Crippen molar-refractivity contribution in [2.24, 2.45) is 0 Å². The molecule has 6 nitrogen and oxygen atoms in total. The summed E-state index contributed by atoms with van der Waals surface area (Å²) in [6.45, 7) is 2.04. The smallest absolute Gasteiger partial charge is 0.237 e. The number of nitrogens with zero attached hydrogens (tertiary/aromatic N) is 1. The highest BCUT2D eigenvalue weighted by molar-refractivity contribution is 6.07. The molecule has 32 heavy (non-hydrogen) atoms. The monoisotopic (exact) mass is 433 g/mol. The van der Waals surface area contributed by atoms with Crippen LogP contribution in [-0.2, 0) is 4.79 Å². The predicted octanol–water partition coefficient (Wildman–Crippen LogP) is 4.90. The van der Waals surface area contributed by atoms with Crippen molar-refractivity contribution < 1.29 is 23.7 Å². The first-order valence-electron chi connectivity index (χ1n) is 10.4. The molecule has 1 fully saturated rings. The molecule has 0 aliphatic carbocycles. The van der Waals surface area contributed by atoms with Gasteiger partial charge in [0.15, 0.2) is 11.5 Å². The van der Waals surface area contributed by atoms with Gasteiger partial charge in [-0.3, -0.25) is 4.79 Å². The number of amides is 1. The molecule has 4 rings (SSSR count). The van der Waals surface area contributed by atoms with Crippen LogP contribution in [-0.4, -0.2) is 34.3 Å². The Bertz CT molecular complexity index is 1080. The highest BCUT2D eigenvalue weighted by atomic mass is 16.5. The normalized spacial score (nSPS) is 17.5. The predicted molar refractivity (Wildman–Crippen MR) is 123 cm³/mol. The molecule has 0 radical (unpaired) electrons. The second-order valence-electron chi connectivity index (χ2n) is 7.70. The van der Waals surface area contributed by atoms with Crippen LogP contribution >= 0.6 is 0 Å². The Labute approximate surface area is 188 Å². The summed E-state index contributed by atoms with van der Waals surface area (Å²) in [5.74, 6) is 1.99. The third kappa shape index (κ3) is 3.62. The number of hydrogen-bond donors (Lipinski definition) is 0. The molecule has 0 aromatic heterocycles. The molecule has 1 aliphatic heterocycles. The number of carbonyl (C=O) groups excluding carboxylic acids is 1. The van der Waals surface area contributed by atoms with Gasteiger partial charge in [-0.2, -0.15) is 0 Å². The zero-order chi connectivity index (χ0) is 22.8. The van der Waals surface area contributed by atoms with E-state index in [1.165, 1.54) is 0 Å². The van der Waals surface area contributed by atoms with Crippen LogP contribution in [0.5, 0.6) is 23.0 Å². The zero-order valence-corrected chi connectivity index (χ0v) is 18.9. The first-order chi connectivity index (χ1) is 15.5. The van der Waals surface area contributed by atoms with Gasteiger partial charge in [0.25, 0.3) is 0 Å². The topological polar surface area (TPSA) is 57.2 Å². The summed E-state index contributed by atoms with van der Waals surface area (Å²) in [6.07, 6.45) is 0. The molecular formula is C26H27NO5. The van der Waals surface area contributed by atoms with Gasteiger partial charge in [-0.15, -0.1) is 0 Å². The summed E-state index contributed by atoms with van der Waals surface area (Å²) < 4.78 is 21.8. The van der Waals surface area contributed by atoms with E-state index in [0.717, 1.165) is 22.4 Å². The van der Waals surface area contributed by atoms with Gasteiger partial charge in [0.05, 0.1) is 46.1 Å². The molecule has 166 valence electrons. The van der Waals surface area contributed by atoms with Gasteiger partial charge in [0.1, 0.15) is 5.75 Å². The number of anilines is 1. The summed E-state index contributed by atoms with van der Waals surface area (Å²) >= 11 is 0. The minimum absolute atomic E-state index is 0.0175.